The molecule has 0 saturated heterocycles. The van der Waals surface area contributed by atoms with Crippen molar-refractivity contribution >= 4 is 16.0 Å². The van der Waals surface area contributed by atoms with Gasteiger partial charge in [-0.3, -0.25) is 9.89 Å². The van der Waals surface area contributed by atoms with Crippen LogP contribution < -0.4 is 4.72 Å². The van der Waals surface area contributed by atoms with Crippen molar-refractivity contribution in [1.29, 1.82) is 0 Å². The molecule has 0 spiro atoms. The zero-order valence-corrected chi connectivity index (χ0v) is 9.49. The molecule has 1 heterocycles. The first kappa shape index (κ1) is 12.7. The fraction of sp³-hybridized carbons (Fsp3) is 0.500. The molecule has 3 N–H and O–H groups in total. The molecule has 1 atom stereocenters. The van der Waals surface area contributed by atoms with Gasteiger partial charge in [-0.05, 0) is 12.5 Å². The molecular formula is C8H13N3O4S. The molecule has 0 aromatic carbocycles. The molecule has 0 fully saturated rings. The van der Waals surface area contributed by atoms with Crippen LogP contribution in [0.15, 0.2) is 17.3 Å². The summed E-state index contributed by atoms with van der Waals surface area (Å²) in [7, 11) is -3.83. The van der Waals surface area contributed by atoms with E-state index >= 15 is 0 Å². The molecule has 0 amide bonds. The molecule has 90 valence electrons. The Bertz CT molecular complexity index is 440. The van der Waals surface area contributed by atoms with Crippen molar-refractivity contribution in [3.8, 4) is 0 Å². The number of hydrogen-bond acceptors (Lipinski definition) is 4. The van der Waals surface area contributed by atoms with Gasteiger partial charge >= 0.3 is 5.97 Å². The van der Waals surface area contributed by atoms with E-state index in [1.807, 2.05) is 0 Å². The van der Waals surface area contributed by atoms with Crippen LogP contribution in [0.2, 0.25) is 0 Å². The molecule has 0 aliphatic rings. The Labute approximate surface area is 92.9 Å². The summed E-state index contributed by atoms with van der Waals surface area (Å²) in [4.78, 5) is 10.8. The molecular weight excluding hydrogens is 234 g/mol. The number of nitrogens with zero attached hydrogens (tertiary/aromatic N) is 1. The second-order valence-corrected chi connectivity index (χ2v) is 4.90. The summed E-state index contributed by atoms with van der Waals surface area (Å²) in [6.07, 6.45) is 2.09. The number of nitrogens with one attached hydrogen (secondary N) is 2. The molecule has 7 nitrogen and oxygen atoms in total. The zero-order chi connectivity index (χ0) is 12.2. The van der Waals surface area contributed by atoms with Gasteiger partial charge in [0, 0.05) is 0 Å². The Morgan fingerprint density at radius 2 is 2.38 bits per heavy atom. The predicted octanol–water partition coefficient (Wildman–Crippen LogP) is -0.0587. The van der Waals surface area contributed by atoms with Crippen LogP contribution in [-0.4, -0.2) is 35.7 Å². The molecule has 0 radical (unpaired) electrons. The van der Waals surface area contributed by atoms with Crippen molar-refractivity contribution in [3.05, 3.63) is 12.3 Å². The van der Waals surface area contributed by atoms with Crippen LogP contribution in [0, 0.1) is 0 Å². The van der Waals surface area contributed by atoms with Crippen molar-refractivity contribution in [2.24, 2.45) is 0 Å². The van der Waals surface area contributed by atoms with Crippen LogP contribution >= 0.6 is 0 Å². The van der Waals surface area contributed by atoms with Gasteiger partial charge in [0.25, 0.3) is 10.0 Å². The summed E-state index contributed by atoms with van der Waals surface area (Å²) in [6.45, 7) is 1.78. The van der Waals surface area contributed by atoms with Crippen molar-refractivity contribution in [3.63, 3.8) is 0 Å². The standard InChI is InChI=1S/C8H13N3O4S/c1-2-3-6(8(12)13)11-16(14,15)7-4-5-9-10-7/h4-6,11H,2-3H2,1H3,(H,9,10)(H,12,13). The smallest absolute Gasteiger partial charge is 0.321 e. The minimum atomic E-state index is -3.83. The third kappa shape index (κ3) is 3.04. The van der Waals surface area contributed by atoms with Crippen LogP contribution in [0.1, 0.15) is 19.8 Å². The van der Waals surface area contributed by atoms with Gasteiger partial charge in [0.2, 0.25) is 0 Å². The van der Waals surface area contributed by atoms with E-state index in [-0.39, 0.29) is 11.4 Å². The van der Waals surface area contributed by atoms with Crippen molar-refractivity contribution in [2.75, 3.05) is 0 Å². The average Bonchev–Trinajstić information content (AvgIpc) is 2.69. The van der Waals surface area contributed by atoms with Crippen LogP contribution in [0.4, 0.5) is 0 Å². The maximum Gasteiger partial charge on any atom is 0.321 e. The summed E-state index contributed by atoms with van der Waals surface area (Å²) < 4.78 is 25.4. The minimum Gasteiger partial charge on any atom is -0.480 e. The van der Waals surface area contributed by atoms with Crippen molar-refractivity contribution in [2.45, 2.75) is 30.8 Å². The first-order valence-corrected chi connectivity index (χ1v) is 6.20. The Morgan fingerprint density at radius 3 is 2.81 bits per heavy atom. The third-order valence-corrected chi connectivity index (χ3v) is 3.34. The van der Waals surface area contributed by atoms with Crippen molar-refractivity contribution < 1.29 is 18.3 Å². The second-order valence-electron chi connectivity index (χ2n) is 3.22. The fourth-order valence-electron chi connectivity index (χ4n) is 1.17. The monoisotopic (exact) mass is 247 g/mol. The number of rotatable bonds is 6. The quantitative estimate of drug-likeness (QED) is 0.652. The lowest BCUT2D eigenvalue weighted by Gasteiger charge is -2.12. The first-order chi connectivity index (χ1) is 7.47. The summed E-state index contributed by atoms with van der Waals surface area (Å²) in [6, 6.07) is 0.144. The molecule has 16 heavy (non-hydrogen) atoms. The Balaban J connectivity index is 2.82. The van der Waals surface area contributed by atoms with E-state index in [4.69, 9.17) is 5.11 Å². The normalized spacial score (nSPS) is 13.6. The molecule has 8 heteroatoms. The van der Waals surface area contributed by atoms with Crippen LogP contribution in [0.5, 0.6) is 0 Å². The number of aliphatic carboxylic acids is 1. The lowest BCUT2D eigenvalue weighted by molar-refractivity contribution is -0.139. The highest BCUT2D eigenvalue weighted by atomic mass is 32.2. The number of aromatic amines is 1. The number of carbonyl (C=O) groups is 1. The molecule has 1 aromatic heterocycles. The molecule has 1 aromatic rings. The van der Waals surface area contributed by atoms with Gasteiger partial charge in [-0.1, -0.05) is 13.3 Å². The maximum absolute atomic E-state index is 11.6. The first-order valence-electron chi connectivity index (χ1n) is 4.72. The van der Waals surface area contributed by atoms with Crippen LogP contribution in [0.3, 0.4) is 0 Å². The molecule has 0 aliphatic heterocycles. The van der Waals surface area contributed by atoms with Gasteiger partial charge < -0.3 is 5.11 Å². The number of hydrogen-bond donors (Lipinski definition) is 3. The molecule has 1 rings (SSSR count). The highest BCUT2D eigenvalue weighted by Gasteiger charge is 2.25. The highest BCUT2D eigenvalue weighted by Crippen LogP contribution is 2.06. The molecule has 0 saturated carbocycles. The van der Waals surface area contributed by atoms with E-state index in [0.717, 1.165) is 0 Å². The summed E-state index contributed by atoms with van der Waals surface area (Å²) in [5.41, 5.74) is 0. The van der Waals surface area contributed by atoms with E-state index in [2.05, 4.69) is 14.9 Å². The second kappa shape index (κ2) is 5.08. The van der Waals surface area contributed by atoms with E-state index < -0.39 is 22.0 Å². The topological polar surface area (TPSA) is 112 Å². The number of carboxylic acids is 1. The molecule has 0 aliphatic carbocycles. The maximum atomic E-state index is 11.6. The SMILES string of the molecule is CCCC(NS(=O)(=O)c1ccn[nH]1)C(=O)O. The zero-order valence-electron chi connectivity index (χ0n) is 8.67. The average molecular weight is 247 g/mol. The van der Waals surface area contributed by atoms with Crippen LogP contribution in [-0.2, 0) is 14.8 Å². The van der Waals surface area contributed by atoms with Gasteiger partial charge in [-0.15, -0.1) is 0 Å². The van der Waals surface area contributed by atoms with Crippen molar-refractivity contribution in [1.82, 2.24) is 14.9 Å². The third-order valence-electron chi connectivity index (χ3n) is 1.94. The Morgan fingerprint density at radius 1 is 1.69 bits per heavy atom. The Kier molecular flexibility index (Phi) is 4.02. The van der Waals surface area contributed by atoms with E-state index in [1.54, 1.807) is 6.92 Å². The largest absolute Gasteiger partial charge is 0.480 e. The summed E-state index contributed by atoms with van der Waals surface area (Å²) in [5.74, 6) is -1.19. The van der Waals surface area contributed by atoms with E-state index in [0.29, 0.717) is 6.42 Å². The van der Waals surface area contributed by atoms with E-state index in [9.17, 15) is 13.2 Å². The molecule has 1 unspecified atom stereocenters. The van der Waals surface area contributed by atoms with Gasteiger partial charge in [-0.2, -0.15) is 9.82 Å². The van der Waals surface area contributed by atoms with Gasteiger partial charge in [0.1, 0.15) is 6.04 Å². The van der Waals surface area contributed by atoms with Crippen LogP contribution in [0.25, 0.3) is 0 Å². The Hall–Kier alpha value is -1.41. The predicted molar refractivity (Wildman–Crippen MR) is 55.2 cm³/mol. The summed E-state index contributed by atoms with van der Waals surface area (Å²) >= 11 is 0. The number of H-pyrrole nitrogens is 1. The minimum absolute atomic E-state index is 0.144. The summed E-state index contributed by atoms with van der Waals surface area (Å²) in [5, 5.41) is 14.4. The molecule has 0 bridgehead atoms. The number of carboxylic acid groups (broad SMARTS) is 1. The van der Waals surface area contributed by atoms with Gasteiger partial charge in [0.05, 0.1) is 6.20 Å². The van der Waals surface area contributed by atoms with Gasteiger partial charge in [-0.25, -0.2) is 8.42 Å². The fourth-order valence-corrected chi connectivity index (χ4v) is 2.30. The van der Waals surface area contributed by atoms with Gasteiger partial charge in [0.15, 0.2) is 5.03 Å². The number of sulfonamides is 1. The number of aromatic nitrogens is 2. The lowest BCUT2D eigenvalue weighted by Crippen LogP contribution is -2.40. The van der Waals surface area contributed by atoms with E-state index in [1.165, 1.54) is 12.3 Å². The lowest BCUT2D eigenvalue weighted by atomic mass is 10.2. The highest BCUT2D eigenvalue weighted by molar-refractivity contribution is 7.89.